The van der Waals surface area contributed by atoms with Crippen molar-refractivity contribution in [2.75, 3.05) is 6.61 Å². The number of Topliss-reactive ketones (excluding diaryl/α,β-unsaturated/α-hetero) is 1. The molecular formula is C19H33N5O4. The molecule has 0 aliphatic carbocycles. The van der Waals surface area contributed by atoms with Crippen molar-refractivity contribution >= 4 is 17.6 Å². The molecule has 0 aliphatic heterocycles. The quantitative estimate of drug-likeness (QED) is 0.513. The van der Waals surface area contributed by atoms with E-state index in [-0.39, 0.29) is 30.4 Å². The summed E-state index contributed by atoms with van der Waals surface area (Å²) in [6.45, 7) is 10.4. The zero-order valence-electron chi connectivity index (χ0n) is 17.5. The van der Waals surface area contributed by atoms with Gasteiger partial charge in [-0.25, -0.2) is 0 Å². The molecule has 0 saturated heterocycles. The van der Waals surface area contributed by atoms with E-state index in [9.17, 15) is 14.4 Å². The summed E-state index contributed by atoms with van der Waals surface area (Å²) >= 11 is 0. The number of ether oxygens (including phenoxy) is 1. The molecule has 0 radical (unpaired) electrons. The number of aromatic nitrogens is 3. The SMILES string of the molecule is CCOC(C)(C)CCC(=O)NC(Cc1cn(CCC(=O)C(C)C)nn1)C(N)=O. The number of nitrogens with one attached hydrogen (secondary N) is 1. The Morgan fingerprint density at radius 1 is 1.29 bits per heavy atom. The number of carbonyl (C=O) groups is 3. The predicted octanol–water partition coefficient (Wildman–Crippen LogP) is 1.00. The van der Waals surface area contributed by atoms with Crippen LogP contribution in [0.4, 0.5) is 0 Å². The molecule has 1 atom stereocenters. The first-order chi connectivity index (χ1) is 13.0. The zero-order valence-corrected chi connectivity index (χ0v) is 17.5. The molecule has 1 heterocycles. The van der Waals surface area contributed by atoms with Crippen molar-refractivity contribution in [1.29, 1.82) is 0 Å². The average molecular weight is 396 g/mol. The molecule has 1 aromatic heterocycles. The molecule has 0 aliphatic rings. The maximum atomic E-state index is 12.2. The molecule has 0 fully saturated rings. The second kappa shape index (κ2) is 10.9. The Kier molecular flexibility index (Phi) is 9.24. The van der Waals surface area contributed by atoms with Gasteiger partial charge in [0, 0.05) is 44.5 Å². The number of carbonyl (C=O) groups excluding carboxylic acids is 3. The molecule has 1 unspecified atom stereocenters. The fourth-order valence-electron chi connectivity index (χ4n) is 2.63. The molecule has 158 valence electrons. The molecule has 9 heteroatoms. The smallest absolute Gasteiger partial charge is 0.240 e. The van der Waals surface area contributed by atoms with E-state index in [0.717, 1.165) is 0 Å². The number of hydrogen-bond donors (Lipinski definition) is 2. The molecule has 0 spiro atoms. The highest BCUT2D eigenvalue weighted by atomic mass is 16.5. The van der Waals surface area contributed by atoms with Crippen LogP contribution in [0.3, 0.4) is 0 Å². The highest BCUT2D eigenvalue weighted by Gasteiger charge is 2.23. The summed E-state index contributed by atoms with van der Waals surface area (Å²) in [5, 5.41) is 10.6. The van der Waals surface area contributed by atoms with Crippen molar-refractivity contribution in [3.8, 4) is 0 Å². The van der Waals surface area contributed by atoms with E-state index < -0.39 is 17.6 Å². The molecule has 1 aromatic rings. The Hall–Kier alpha value is -2.29. The standard InChI is InChI=1S/C19H33N5O4/c1-6-28-19(4,5)9-7-17(26)21-15(18(20)27)11-14-12-24(23-22-14)10-8-16(25)13(2)3/h12-13,15H,6-11H2,1-5H3,(H2,20,27)(H,21,26). The first kappa shape index (κ1) is 23.7. The van der Waals surface area contributed by atoms with Crippen LogP contribution in [0.2, 0.25) is 0 Å². The predicted molar refractivity (Wildman–Crippen MR) is 104 cm³/mol. The van der Waals surface area contributed by atoms with E-state index in [1.54, 1.807) is 10.9 Å². The van der Waals surface area contributed by atoms with Crippen LogP contribution in [-0.4, -0.2) is 50.8 Å². The highest BCUT2D eigenvalue weighted by molar-refractivity contribution is 5.86. The number of nitrogens with two attached hydrogens (primary N) is 1. The molecule has 0 saturated carbocycles. The van der Waals surface area contributed by atoms with E-state index in [1.165, 1.54) is 0 Å². The van der Waals surface area contributed by atoms with Gasteiger partial charge in [0.15, 0.2) is 0 Å². The monoisotopic (exact) mass is 395 g/mol. The lowest BCUT2D eigenvalue weighted by Crippen LogP contribution is -2.46. The van der Waals surface area contributed by atoms with Gasteiger partial charge < -0.3 is 15.8 Å². The average Bonchev–Trinajstić information content (AvgIpc) is 3.04. The second-order valence-electron chi connectivity index (χ2n) is 7.76. The molecule has 9 nitrogen and oxygen atoms in total. The summed E-state index contributed by atoms with van der Waals surface area (Å²) < 4.78 is 7.12. The van der Waals surface area contributed by atoms with E-state index in [2.05, 4.69) is 15.6 Å². The van der Waals surface area contributed by atoms with Crippen LogP contribution in [0.15, 0.2) is 6.20 Å². The van der Waals surface area contributed by atoms with Crippen molar-refractivity contribution in [2.24, 2.45) is 11.7 Å². The van der Waals surface area contributed by atoms with Crippen molar-refractivity contribution < 1.29 is 19.1 Å². The van der Waals surface area contributed by atoms with Crippen molar-refractivity contribution in [3.63, 3.8) is 0 Å². The highest BCUT2D eigenvalue weighted by Crippen LogP contribution is 2.16. The lowest BCUT2D eigenvalue weighted by atomic mass is 10.0. The second-order valence-corrected chi connectivity index (χ2v) is 7.76. The van der Waals surface area contributed by atoms with E-state index in [4.69, 9.17) is 10.5 Å². The van der Waals surface area contributed by atoms with E-state index in [0.29, 0.717) is 31.7 Å². The van der Waals surface area contributed by atoms with Crippen molar-refractivity contribution in [2.45, 2.75) is 78.5 Å². The van der Waals surface area contributed by atoms with Crippen LogP contribution in [-0.2, 0) is 32.1 Å². The Bertz CT molecular complexity index is 669. The Morgan fingerprint density at radius 2 is 1.96 bits per heavy atom. The maximum Gasteiger partial charge on any atom is 0.240 e. The third-order valence-corrected chi connectivity index (χ3v) is 4.40. The van der Waals surface area contributed by atoms with Gasteiger partial charge in [-0.15, -0.1) is 5.10 Å². The van der Waals surface area contributed by atoms with Gasteiger partial charge in [-0.05, 0) is 27.2 Å². The van der Waals surface area contributed by atoms with Gasteiger partial charge in [0.1, 0.15) is 11.8 Å². The van der Waals surface area contributed by atoms with Gasteiger partial charge in [-0.3, -0.25) is 19.1 Å². The summed E-state index contributed by atoms with van der Waals surface area (Å²) in [6, 6.07) is -0.870. The summed E-state index contributed by atoms with van der Waals surface area (Å²) in [5.41, 5.74) is 5.53. The number of ketones is 1. The molecular weight excluding hydrogens is 362 g/mol. The minimum absolute atomic E-state index is 0.0230. The van der Waals surface area contributed by atoms with Gasteiger partial charge in [0.25, 0.3) is 0 Å². The molecule has 28 heavy (non-hydrogen) atoms. The van der Waals surface area contributed by atoms with Crippen LogP contribution in [0.5, 0.6) is 0 Å². The van der Waals surface area contributed by atoms with Gasteiger partial charge in [-0.1, -0.05) is 19.1 Å². The lowest BCUT2D eigenvalue weighted by molar-refractivity contribution is -0.128. The van der Waals surface area contributed by atoms with Crippen LogP contribution in [0.1, 0.15) is 59.6 Å². The number of amides is 2. The third-order valence-electron chi connectivity index (χ3n) is 4.40. The largest absolute Gasteiger partial charge is 0.376 e. The number of nitrogens with zero attached hydrogens (tertiary/aromatic N) is 3. The van der Waals surface area contributed by atoms with Crippen LogP contribution in [0.25, 0.3) is 0 Å². The Morgan fingerprint density at radius 3 is 2.54 bits per heavy atom. The third kappa shape index (κ3) is 8.60. The fourth-order valence-corrected chi connectivity index (χ4v) is 2.63. The number of primary amides is 1. The number of hydrogen-bond acceptors (Lipinski definition) is 6. The fraction of sp³-hybridized carbons (Fsp3) is 0.737. The maximum absolute atomic E-state index is 12.2. The van der Waals surface area contributed by atoms with Gasteiger partial charge in [0.2, 0.25) is 11.8 Å². The van der Waals surface area contributed by atoms with Crippen molar-refractivity contribution in [1.82, 2.24) is 20.3 Å². The van der Waals surface area contributed by atoms with E-state index in [1.807, 2.05) is 34.6 Å². The van der Waals surface area contributed by atoms with E-state index >= 15 is 0 Å². The topological polar surface area (TPSA) is 129 Å². The normalized spacial score (nSPS) is 12.8. The van der Waals surface area contributed by atoms with Gasteiger partial charge in [0.05, 0.1) is 11.3 Å². The van der Waals surface area contributed by atoms with Gasteiger partial charge >= 0.3 is 0 Å². The summed E-state index contributed by atoms with van der Waals surface area (Å²) in [4.78, 5) is 35.6. The van der Waals surface area contributed by atoms with Gasteiger partial charge in [-0.2, -0.15) is 0 Å². The summed E-state index contributed by atoms with van der Waals surface area (Å²) in [7, 11) is 0. The molecule has 0 bridgehead atoms. The van der Waals surface area contributed by atoms with Crippen LogP contribution >= 0.6 is 0 Å². The summed E-state index contributed by atoms with van der Waals surface area (Å²) in [5.74, 6) is -0.784. The molecule has 0 aromatic carbocycles. The van der Waals surface area contributed by atoms with Crippen LogP contribution in [0, 0.1) is 5.92 Å². The Balaban J connectivity index is 2.58. The Labute approximate surface area is 166 Å². The minimum atomic E-state index is -0.870. The number of aryl methyl sites for hydroxylation is 1. The molecule has 3 N–H and O–H groups in total. The minimum Gasteiger partial charge on any atom is -0.376 e. The lowest BCUT2D eigenvalue weighted by Gasteiger charge is -2.24. The zero-order chi connectivity index (χ0) is 21.3. The van der Waals surface area contributed by atoms with Crippen molar-refractivity contribution in [3.05, 3.63) is 11.9 Å². The molecule has 2 amide bonds. The van der Waals surface area contributed by atoms with Crippen LogP contribution < -0.4 is 11.1 Å². The first-order valence-corrected chi connectivity index (χ1v) is 9.68. The first-order valence-electron chi connectivity index (χ1n) is 9.68. The molecule has 1 rings (SSSR count). The summed E-state index contributed by atoms with van der Waals surface area (Å²) in [6.07, 6.45) is 2.92. The number of rotatable bonds is 13.